The van der Waals surface area contributed by atoms with Gasteiger partial charge < -0.3 is 10.2 Å². The van der Waals surface area contributed by atoms with Crippen molar-refractivity contribution < 1.29 is 13.2 Å². The molecule has 6 heteroatoms. The number of hydrogen-bond donors (Lipinski definition) is 1. The van der Waals surface area contributed by atoms with Crippen LogP contribution >= 0.6 is 0 Å². The predicted molar refractivity (Wildman–Crippen MR) is 91.3 cm³/mol. The average Bonchev–Trinajstić information content (AvgIpc) is 2.60. The number of benzene rings is 1. The van der Waals surface area contributed by atoms with Crippen LogP contribution in [-0.4, -0.2) is 51.2 Å². The van der Waals surface area contributed by atoms with E-state index >= 15 is 0 Å². The van der Waals surface area contributed by atoms with Crippen LogP contribution in [0.2, 0.25) is 0 Å². The first-order valence-corrected chi connectivity index (χ1v) is 9.96. The lowest BCUT2D eigenvalue weighted by Crippen LogP contribution is -2.40. The molecule has 1 saturated heterocycles. The first-order valence-electron chi connectivity index (χ1n) is 8.30. The van der Waals surface area contributed by atoms with Crippen LogP contribution in [0.1, 0.15) is 37.0 Å². The number of nitrogens with zero attached hydrogens (tertiary/aromatic N) is 1. The van der Waals surface area contributed by atoms with Gasteiger partial charge in [-0.1, -0.05) is 13.8 Å². The van der Waals surface area contributed by atoms with Crippen LogP contribution in [0.3, 0.4) is 0 Å². The molecule has 0 saturated carbocycles. The number of rotatable bonds is 6. The van der Waals surface area contributed by atoms with E-state index in [4.69, 9.17) is 0 Å². The van der Waals surface area contributed by atoms with Gasteiger partial charge in [-0.25, -0.2) is 8.42 Å². The Morgan fingerprint density at radius 3 is 2.30 bits per heavy atom. The minimum atomic E-state index is -3.21. The van der Waals surface area contributed by atoms with Crippen molar-refractivity contribution in [3.8, 4) is 0 Å². The maximum atomic E-state index is 12.5. The molecule has 1 amide bonds. The van der Waals surface area contributed by atoms with E-state index in [9.17, 15) is 13.2 Å². The molecule has 0 bridgehead atoms. The minimum Gasteiger partial charge on any atom is -0.339 e. The first-order chi connectivity index (χ1) is 11.0. The number of carbonyl (C=O) groups is 1. The molecule has 1 aromatic carbocycles. The molecule has 0 unspecified atom stereocenters. The zero-order valence-corrected chi connectivity index (χ0v) is 14.7. The molecule has 0 aromatic heterocycles. The van der Waals surface area contributed by atoms with E-state index in [1.54, 1.807) is 19.1 Å². The third-order valence-electron chi connectivity index (χ3n) is 4.43. The summed E-state index contributed by atoms with van der Waals surface area (Å²) in [5.41, 5.74) is 0.560. The van der Waals surface area contributed by atoms with E-state index < -0.39 is 9.84 Å². The van der Waals surface area contributed by atoms with Crippen molar-refractivity contribution in [1.29, 1.82) is 0 Å². The summed E-state index contributed by atoms with van der Waals surface area (Å²) in [6.45, 7) is 7.25. The Labute approximate surface area is 139 Å². The lowest BCUT2D eigenvalue weighted by atomic mass is 9.96. The van der Waals surface area contributed by atoms with Crippen molar-refractivity contribution in [2.75, 3.05) is 31.9 Å². The SMILES string of the molecule is CCNCC1CCN(C(=O)c2ccc(S(=O)(=O)CC)cc2)CC1. The Bertz CT molecular complexity index is 618. The highest BCUT2D eigenvalue weighted by atomic mass is 32.2. The van der Waals surface area contributed by atoms with Crippen LogP contribution in [0.15, 0.2) is 29.2 Å². The highest BCUT2D eigenvalue weighted by Gasteiger charge is 2.23. The van der Waals surface area contributed by atoms with Gasteiger partial charge in [-0.05, 0) is 56.1 Å². The van der Waals surface area contributed by atoms with Crippen molar-refractivity contribution in [1.82, 2.24) is 10.2 Å². The maximum absolute atomic E-state index is 12.5. The monoisotopic (exact) mass is 338 g/mol. The van der Waals surface area contributed by atoms with Crippen LogP contribution < -0.4 is 5.32 Å². The van der Waals surface area contributed by atoms with Gasteiger partial charge in [-0.15, -0.1) is 0 Å². The standard InChI is InChI=1S/C17H26N2O3S/c1-3-18-13-14-9-11-19(12-10-14)17(20)15-5-7-16(8-6-15)23(21,22)4-2/h5-8,14,18H,3-4,9-13H2,1-2H3. The fourth-order valence-corrected chi connectivity index (χ4v) is 3.73. The quantitative estimate of drug-likeness (QED) is 0.861. The molecule has 1 aliphatic heterocycles. The molecular weight excluding hydrogens is 312 g/mol. The lowest BCUT2D eigenvalue weighted by molar-refractivity contribution is 0.0690. The molecule has 1 heterocycles. The molecule has 0 aliphatic carbocycles. The Hall–Kier alpha value is -1.40. The van der Waals surface area contributed by atoms with Gasteiger partial charge in [0.1, 0.15) is 0 Å². The largest absolute Gasteiger partial charge is 0.339 e. The van der Waals surface area contributed by atoms with Crippen molar-refractivity contribution in [2.24, 2.45) is 5.92 Å². The number of carbonyl (C=O) groups excluding carboxylic acids is 1. The van der Waals surface area contributed by atoms with Crippen LogP contribution in [0, 0.1) is 5.92 Å². The number of likely N-dealkylation sites (tertiary alicyclic amines) is 1. The number of hydrogen-bond acceptors (Lipinski definition) is 4. The summed E-state index contributed by atoms with van der Waals surface area (Å²) >= 11 is 0. The second-order valence-electron chi connectivity index (χ2n) is 5.97. The first kappa shape index (κ1) is 17.9. The highest BCUT2D eigenvalue weighted by molar-refractivity contribution is 7.91. The van der Waals surface area contributed by atoms with Gasteiger partial charge >= 0.3 is 0 Å². The zero-order chi connectivity index (χ0) is 16.9. The summed E-state index contributed by atoms with van der Waals surface area (Å²) in [7, 11) is -3.21. The topological polar surface area (TPSA) is 66.5 Å². The summed E-state index contributed by atoms with van der Waals surface area (Å²) in [6.07, 6.45) is 2.03. The lowest BCUT2D eigenvalue weighted by Gasteiger charge is -2.32. The average molecular weight is 338 g/mol. The number of sulfone groups is 1. The van der Waals surface area contributed by atoms with Gasteiger partial charge in [0.25, 0.3) is 5.91 Å². The third kappa shape index (κ3) is 4.54. The molecule has 1 aromatic rings. The molecule has 0 radical (unpaired) electrons. The third-order valence-corrected chi connectivity index (χ3v) is 6.18. The molecule has 0 atom stereocenters. The number of piperidine rings is 1. The van der Waals surface area contributed by atoms with Gasteiger partial charge in [-0.2, -0.15) is 0 Å². The van der Waals surface area contributed by atoms with Crippen molar-refractivity contribution in [3.05, 3.63) is 29.8 Å². The van der Waals surface area contributed by atoms with Gasteiger partial charge in [0.2, 0.25) is 0 Å². The summed E-state index contributed by atoms with van der Waals surface area (Å²) < 4.78 is 23.6. The molecule has 1 aliphatic rings. The smallest absolute Gasteiger partial charge is 0.253 e. The zero-order valence-electron chi connectivity index (χ0n) is 13.9. The molecular formula is C17H26N2O3S. The number of amides is 1. The molecule has 0 spiro atoms. The maximum Gasteiger partial charge on any atom is 0.253 e. The Morgan fingerprint density at radius 1 is 1.17 bits per heavy atom. The van der Waals surface area contributed by atoms with Gasteiger partial charge in [0.15, 0.2) is 9.84 Å². The van der Waals surface area contributed by atoms with Crippen LogP contribution in [0.5, 0.6) is 0 Å². The summed E-state index contributed by atoms with van der Waals surface area (Å²) in [6, 6.07) is 6.30. The second kappa shape index (κ2) is 7.93. The normalized spacial score (nSPS) is 16.5. The number of nitrogens with one attached hydrogen (secondary N) is 1. The molecule has 128 valence electrons. The van der Waals surface area contributed by atoms with E-state index in [1.165, 1.54) is 12.1 Å². The fraction of sp³-hybridized carbons (Fsp3) is 0.588. The van der Waals surface area contributed by atoms with Crippen molar-refractivity contribution in [3.63, 3.8) is 0 Å². The summed E-state index contributed by atoms with van der Waals surface area (Å²) in [5.74, 6) is 0.697. The molecule has 1 fully saturated rings. The van der Waals surface area contributed by atoms with Crippen molar-refractivity contribution >= 4 is 15.7 Å². The van der Waals surface area contributed by atoms with E-state index in [-0.39, 0.29) is 16.6 Å². The summed E-state index contributed by atoms with van der Waals surface area (Å²) in [5, 5.41) is 3.36. The van der Waals surface area contributed by atoms with E-state index in [1.807, 2.05) is 4.90 Å². The van der Waals surface area contributed by atoms with Crippen molar-refractivity contribution in [2.45, 2.75) is 31.6 Å². The van der Waals surface area contributed by atoms with E-state index in [0.717, 1.165) is 39.0 Å². The summed E-state index contributed by atoms with van der Waals surface area (Å²) in [4.78, 5) is 14.7. The molecule has 23 heavy (non-hydrogen) atoms. The fourth-order valence-electron chi connectivity index (χ4n) is 2.84. The minimum absolute atomic E-state index is 0.00709. The van der Waals surface area contributed by atoms with Crippen LogP contribution in [0.25, 0.3) is 0 Å². The Balaban J connectivity index is 1.96. The molecule has 5 nitrogen and oxygen atoms in total. The predicted octanol–water partition coefficient (Wildman–Crippen LogP) is 1.94. The second-order valence-corrected chi connectivity index (χ2v) is 8.25. The highest BCUT2D eigenvalue weighted by Crippen LogP contribution is 2.19. The Kier molecular flexibility index (Phi) is 6.18. The van der Waals surface area contributed by atoms with E-state index in [2.05, 4.69) is 12.2 Å². The van der Waals surface area contributed by atoms with Gasteiger partial charge in [0, 0.05) is 18.7 Å². The van der Waals surface area contributed by atoms with Gasteiger partial charge in [-0.3, -0.25) is 4.79 Å². The van der Waals surface area contributed by atoms with Crippen LogP contribution in [0.4, 0.5) is 0 Å². The molecule has 2 rings (SSSR count). The Morgan fingerprint density at radius 2 is 1.78 bits per heavy atom. The van der Waals surface area contributed by atoms with Gasteiger partial charge in [0.05, 0.1) is 10.6 Å². The molecule has 1 N–H and O–H groups in total. The van der Waals surface area contributed by atoms with Crippen LogP contribution in [-0.2, 0) is 9.84 Å². The van der Waals surface area contributed by atoms with E-state index in [0.29, 0.717) is 11.5 Å².